The van der Waals surface area contributed by atoms with Gasteiger partial charge >= 0.3 is 0 Å². The summed E-state index contributed by atoms with van der Waals surface area (Å²) in [4.78, 5) is 5.96. The van der Waals surface area contributed by atoms with Gasteiger partial charge in [-0.3, -0.25) is 0 Å². The number of halogens is 2. The summed E-state index contributed by atoms with van der Waals surface area (Å²) in [6, 6.07) is 13.6. The first kappa shape index (κ1) is 19.4. The number of hydrogen-bond acceptors (Lipinski definition) is 3. The second-order valence-corrected chi connectivity index (χ2v) is 7.95. The van der Waals surface area contributed by atoms with Gasteiger partial charge in [0.2, 0.25) is 0 Å². The third-order valence-electron chi connectivity index (χ3n) is 4.74. The van der Waals surface area contributed by atoms with Gasteiger partial charge in [0.25, 0.3) is 0 Å². The van der Waals surface area contributed by atoms with Crippen molar-refractivity contribution in [2.45, 2.75) is 18.8 Å². The van der Waals surface area contributed by atoms with Gasteiger partial charge in [0.1, 0.15) is 11.6 Å². The molecule has 0 fully saturated rings. The summed E-state index contributed by atoms with van der Waals surface area (Å²) in [5, 5.41) is 2.28. The molecule has 0 spiro atoms. The number of thiocarbonyl (C=S) groups is 1. The second-order valence-electron chi connectivity index (χ2n) is 6.66. The van der Waals surface area contributed by atoms with Crippen LogP contribution < -0.4 is 0 Å². The van der Waals surface area contributed by atoms with Crippen molar-refractivity contribution < 1.29 is 8.78 Å². The van der Waals surface area contributed by atoms with Crippen LogP contribution >= 0.6 is 23.6 Å². The molecule has 5 heteroatoms. The van der Waals surface area contributed by atoms with Crippen LogP contribution in [0.3, 0.4) is 0 Å². The molecule has 0 N–H and O–H groups in total. The zero-order chi connectivity index (χ0) is 20.2. The molecule has 1 aromatic heterocycles. The van der Waals surface area contributed by atoms with E-state index in [4.69, 9.17) is 0 Å². The minimum absolute atomic E-state index is 0.230. The molecular formula is C24H15F2NS2. The smallest absolute Gasteiger partial charge is 0.142 e. The van der Waals surface area contributed by atoms with Crippen molar-refractivity contribution in [3.63, 3.8) is 0 Å². The molecule has 0 atom stereocenters. The third kappa shape index (κ3) is 4.41. The van der Waals surface area contributed by atoms with Gasteiger partial charge in [-0.25, -0.2) is 8.78 Å². The van der Waals surface area contributed by atoms with Crippen LogP contribution in [0.2, 0.25) is 0 Å². The average molecular weight is 420 g/mol. The van der Waals surface area contributed by atoms with Crippen LogP contribution in [0.25, 0.3) is 10.4 Å². The van der Waals surface area contributed by atoms with Crippen LogP contribution in [0, 0.1) is 23.5 Å². The van der Waals surface area contributed by atoms with Crippen molar-refractivity contribution in [1.82, 2.24) is 0 Å². The molecule has 1 aliphatic rings. The Morgan fingerprint density at radius 2 is 1.62 bits per heavy atom. The van der Waals surface area contributed by atoms with Crippen LogP contribution in [0.1, 0.15) is 34.8 Å². The zero-order valence-electron chi connectivity index (χ0n) is 15.3. The lowest BCUT2D eigenvalue weighted by Gasteiger charge is -2.05. The van der Waals surface area contributed by atoms with E-state index in [9.17, 15) is 8.78 Å². The summed E-state index contributed by atoms with van der Waals surface area (Å²) in [6.07, 6.45) is 6.40. The van der Waals surface area contributed by atoms with E-state index in [1.165, 1.54) is 17.0 Å². The summed E-state index contributed by atoms with van der Waals surface area (Å²) in [7, 11) is 0. The molecule has 1 heterocycles. The average Bonchev–Trinajstić information content (AvgIpc) is 3.40. The Balaban J connectivity index is 1.58. The van der Waals surface area contributed by atoms with Crippen molar-refractivity contribution in [1.29, 1.82) is 0 Å². The second kappa shape index (κ2) is 8.63. The third-order valence-corrected chi connectivity index (χ3v) is 6.13. The van der Waals surface area contributed by atoms with Gasteiger partial charge < -0.3 is 0 Å². The minimum Gasteiger partial charge on any atom is -0.205 e. The van der Waals surface area contributed by atoms with Gasteiger partial charge in [-0.05, 0) is 79.2 Å². The van der Waals surface area contributed by atoms with Gasteiger partial charge in [0, 0.05) is 21.2 Å². The van der Waals surface area contributed by atoms with E-state index in [1.54, 1.807) is 35.6 Å². The van der Waals surface area contributed by atoms with Crippen molar-refractivity contribution >= 4 is 34.4 Å². The Kier molecular flexibility index (Phi) is 5.78. The number of thiophene rings is 1. The molecule has 0 unspecified atom stereocenters. The van der Waals surface area contributed by atoms with Crippen molar-refractivity contribution in [3.8, 4) is 22.3 Å². The molecule has 0 saturated carbocycles. The van der Waals surface area contributed by atoms with E-state index in [2.05, 4.69) is 52.4 Å². The highest BCUT2D eigenvalue weighted by Gasteiger charge is 2.17. The summed E-state index contributed by atoms with van der Waals surface area (Å²) >= 11 is 6.15. The summed E-state index contributed by atoms with van der Waals surface area (Å²) in [5.74, 6) is 4.56. The predicted molar refractivity (Wildman–Crippen MR) is 118 cm³/mol. The first-order chi connectivity index (χ1) is 14.1. The lowest BCUT2D eigenvalue weighted by atomic mass is 10.1. The fourth-order valence-corrected chi connectivity index (χ4v) is 4.44. The molecule has 2 aromatic carbocycles. The largest absolute Gasteiger partial charge is 0.205 e. The van der Waals surface area contributed by atoms with Gasteiger partial charge in [0.15, 0.2) is 0 Å². The lowest BCUT2D eigenvalue weighted by molar-refractivity contribution is 0.578. The maximum Gasteiger partial charge on any atom is 0.142 e. The Labute approximate surface area is 177 Å². The number of aliphatic imine (C=N–C) groups is 1. The van der Waals surface area contributed by atoms with Crippen LogP contribution in [0.5, 0.6) is 0 Å². The molecule has 142 valence electrons. The van der Waals surface area contributed by atoms with Crippen LogP contribution in [0.15, 0.2) is 65.7 Å². The van der Waals surface area contributed by atoms with Crippen molar-refractivity contribution in [2.75, 3.05) is 0 Å². The highest BCUT2D eigenvalue weighted by atomic mass is 32.1. The lowest BCUT2D eigenvalue weighted by Crippen LogP contribution is -1.92. The van der Waals surface area contributed by atoms with E-state index in [1.807, 2.05) is 6.07 Å². The monoisotopic (exact) mass is 419 g/mol. The number of isothiocyanates is 1. The van der Waals surface area contributed by atoms with E-state index < -0.39 is 11.6 Å². The van der Waals surface area contributed by atoms with E-state index in [-0.39, 0.29) is 5.56 Å². The van der Waals surface area contributed by atoms with E-state index >= 15 is 0 Å². The molecule has 0 bridgehead atoms. The molecule has 1 nitrogen and oxygen atoms in total. The van der Waals surface area contributed by atoms with Gasteiger partial charge in [-0.1, -0.05) is 24.0 Å². The maximum absolute atomic E-state index is 14.6. The maximum atomic E-state index is 14.6. The number of allylic oxidation sites excluding steroid dienone is 2. The number of rotatable bonds is 3. The fourth-order valence-electron chi connectivity index (χ4n) is 3.22. The molecule has 0 aliphatic heterocycles. The Hall–Kier alpha value is -2.90. The Morgan fingerprint density at radius 1 is 0.931 bits per heavy atom. The van der Waals surface area contributed by atoms with Crippen LogP contribution in [-0.4, -0.2) is 5.16 Å². The van der Waals surface area contributed by atoms with Crippen molar-refractivity contribution in [2.24, 2.45) is 4.99 Å². The molecule has 3 aromatic rings. The topological polar surface area (TPSA) is 12.4 Å². The molecule has 0 amide bonds. The Morgan fingerprint density at radius 3 is 2.28 bits per heavy atom. The molecule has 4 rings (SSSR count). The number of benzene rings is 2. The summed E-state index contributed by atoms with van der Waals surface area (Å²) in [6.45, 7) is 0. The minimum atomic E-state index is -0.660. The fraction of sp³-hybridized carbons (Fsp3) is 0.125. The number of nitrogens with zero attached hydrogens (tertiary/aromatic N) is 1. The predicted octanol–water partition coefficient (Wildman–Crippen LogP) is 7.26. The van der Waals surface area contributed by atoms with E-state index in [0.29, 0.717) is 22.7 Å². The molecule has 0 radical (unpaired) electrons. The molecular weight excluding hydrogens is 404 g/mol. The van der Waals surface area contributed by atoms with E-state index in [0.717, 1.165) is 17.7 Å². The van der Waals surface area contributed by atoms with Crippen LogP contribution in [0.4, 0.5) is 14.5 Å². The Bertz CT molecular complexity index is 1160. The molecule has 1 aliphatic carbocycles. The van der Waals surface area contributed by atoms with Gasteiger partial charge in [0.05, 0.1) is 16.4 Å². The molecule has 29 heavy (non-hydrogen) atoms. The summed E-state index contributed by atoms with van der Waals surface area (Å²) < 4.78 is 29.2. The quantitative estimate of drug-likeness (QED) is 0.188. The number of hydrogen-bond donors (Lipinski definition) is 0. The summed E-state index contributed by atoms with van der Waals surface area (Å²) in [5.41, 5.74) is 1.59. The van der Waals surface area contributed by atoms with Gasteiger partial charge in [-0.15, -0.1) is 11.3 Å². The normalized spacial score (nSPS) is 13.0. The first-order valence-electron chi connectivity index (χ1n) is 9.08. The SMILES string of the molecule is Fc1cc(-c2ccc(C3CC=CC3)s2)cc(F)c1C#Cc1ccc(N=C=S)cc1. The van der Waals surface area contributed by atoms with Crippen LogP contribution in [-0.2, 0) is 0 Å². The van der Waals surface area contributed by atoms with Gasteiger partial charge in [-0.2, -0.15) is 4.99 Å². The highest BCUT2D eigenvalue weighted by Crippen LogP contribution is 2.38. The first-order valence-corrected chi connectivity index (χ1v) is 10.3. The molecule has 0 saturated heterocycles. The standard InChI is InChI=1S/C24H15F2NS2/c25-21-13-18(24-12-11-23(29-24)17-3-1-2-4-17)14-22(26)20(21)10-7-16-5-8-19(9-6-16)27-15-28/h1-2,5-6,8-9,11-14,17H,3-4H2. The highest BCUT2D eigenvalue weighted by molar-refractivity contribution is 7.78. The van der Waals surface area contributed by atoms with Crippen molar-refractivity contribution in [3.05, 3.63) is 88.3 Å². The zero-order valence-corrected chi connectivity index (χ0v) is 16.9.